The molecule has 0 fully saturated rings. The van der Waals surface area contributed by atoms with Crippen LogP contribution < -0.4 is 5.69 Å². The summed E-state index contributed by atoms with van der Waals surface area (Å²) in [5.41, 5.74) is 2.20. The summed E-state index contributed by atoms with van der Waals surface area (Å²) in [5, 5.41) is 0. The number of aryl methyl sites for hydroxylation is 2. The van der Waals surface area contributed by atoms with Gasteiger partial charge in [0.25, 0.3) is 0 Å². The average Bonchev–Trinajstić information content (AvgIpc) is 2.63. The SMILES string of the molecule is CCCCCC(=O)c1cc2c(cc1Br)n(C)c(=O)n2C. The van der Waals surface area contributed by atoms with Gasteiger partial charge in [-0.15, -0.1) is 0 Å². The van der Waals surface area contributed by atoms with Gasteiger partial charge < -0.3 is 0 Å². The van der Waals surface area contributed by atoms with Crippen molar-refractivity contribution >= 4 is 32.7 Å². The lowest BCUT2D eigenvalue weighted by molar-refractivity contribution is 0.0978. The number of aromatic nitrogens is 2. The standard InChI is InChI=1S/C15H19BrN2O2/c1-4-5-6-7-14(19)10-8-12-13(9-11(10)16)18(3)15(20)17(12)2/h8-9H,4-7H2,1-3H3. The summed E-state index contributed by atoms with van der Waals surface area (Å²) in [4.78, 5) is 24.2. The zero-order valence-electron chi connectivity index (χ0n) is 12.1. The Morgan fingerprint density at radius 3 is 2.35 bits per heavy atom. The maximum atomic E-state index is 12.3. The summed E-state index contributed by atoms with van der Waals surface area (Å²) in [7, 11) is 3.46. The van der Waals surface area contributed by atoms with Crippen molar-refractivity contribution in [2.75, 3.05) is 0 Å². The molecule has 0 aliphatic heterocycles. The number of hydrogen-bond donors (Lipinski definition) is 0. The molecule has 0 amide bonds. The Hall–Kier alpha value is -1.36. The highest BCUT2D eigenvalue weighted by Gasteiger charge is 2.15. The third kappa shape index (κ3) is 2.59. The van der Waals surface area contributed by atoms with Crippen molar-refractivity contribution in [3.05, 3.63) is 32.7 Å². The lowest BCUT2D eigenvalue weighted by Crippen LogP contribution is -2.19. The van der Waals surface area contributed by atoms with Crippen molar-refractivity contribution in [3.8, 4) is 0 Å². The van der Waals surface area contributed by atoms with E-state index in [-0.39, 0.29) is 11.5 Å². The number of halogens is 1. The first-order chi connectivity index (χ1) is 9.47. The van der Waals surface area contributed by atoms with Gasteiger partial charge in [-0.3, -0.25) is 13.9 Å². The molecule has 5 heteroatoms. The normalized spacial score (nSPS) is 11.2. The van der Waals surface area contributed by atoms with Gasteiger partial charge in [0.1, 0.15) is 0 Å². The van der Waals surface area contributed by atoms with Crippen molar-refractivity contribution in [1.29, 1.82) is 0 Å². The zero-order chi connectivity index (χ0) is 14.9. The fourth-order valence-electron chi connectivity index (χ4n) is 2.40. The van der Waals surface area contributed by atoms with Crippen LogP contribution in [0.4, 0.5) is 0 Å². The summed E-state index contributed by atoms with van der Waals surface area (Å²) in [5.74, 6) is 0.128. The molecule has 4 nitrogen and oxygen atoms in total. The van der Waals surface area contributed by atoms with Gasteiger partial charge in [0.05, 0.1) is 11.0 Å². The topological polar surface area (TPSA) is 44.0 Å². The molecule has 2 rings (SSSR count). The molecule has 20 heavy (non-hydrogen) atoms. The van der Waals surface area contributed by atoms with Crippen LogP contribution in [-0.2, 0) is 14.1 Å². The number of carbonyl (C=O) groups excluding carboxylic acids is 1. The predicted molar refractivity (Wildman–Crippen MR) is 84.3 cm³/mol. The van der Waals surface area contributed by atoms with E-state index >= 15 is 0 Å². The molecule has 0 spiro atoms. The minimum atomic E-state index is -0.0810. The Kier molecular flexibility index (Phi) is 4.48. The largest absolute Gasteiger partial charge is 0.328 e. The van der Waals surface area contributed by atoms with Gasteiger partial charge in [-0.1, -0.05) is 19.8 Å². The first-order valence-electron chi connectivity index (χ1n) is 6.85. The van der Waals surface area contributed by atoms with Crippen LogP contribution in [0.1, 0.15) is 43.0 Å². The van der Waals surface area contributed by atoms with E-state index in [0.717, 1.165) is 34.8 Å². The summed E-state index contributed by atoms with van der Waals surface area (Å²) in [6.45, 7) is 2.12. The molecule has 0 aliphatic carbocycles. The third-order valence-corrected chi connectivity index (χ3v) is 4.32. The van der Waals surface area contributed by atoms with Crippen molar-refractivity contribution < 1.29 is 4.79 Å². The number of nitrogens with zero attached hydrogens (tertiary/aromatic N) is 2. The molecule has 0 aliphatic rings. The molecule has 0 radical (unpaired) electrons. The summed E-state index contributed by atoms with van der Waals surface area (Å²) in [6.07, 6.45) is 3.63. The Morgan fingerprint density at radius 1 is 1.15 bits per heavy atom. The Bertz CT molecular complexity index is 713. The van der Waals surface area contributed by atoms with E-state index in [9.17, 15) is 9.59 Å². The van der Waals surface area contributed by atoms with Crippen LogP contribution in [0.15, 0.2) is 21.4 Å². The zero-order valence-corrected chi connectivity index (χ0v) is 13.7. The van der Waals surface area contributed by atoms with E-state index in [1.54, 1.807) is 23.2 Å². The first kappa shape index (κ1) is 15.0. The van der Waals surface area contributed by atoms with Gasteiger partial charge in [-0.05, 0) is 34.5 Å². The monoisotopic (exact) mass is 338 g/mol. The maximum Gasteiger partial charge on any atom is 0.328 e. The van der Waals surface area contributed by atoms with Crippen LogP contribution in [0.3, 0.4) is 0 Å². The molecule has 1 heterocycles. The van der Waals surface area contributed by atoms with Crippen molar-refractivity contribution in [1.82, 2.24) is 9.13 Å². The maximum absolute atomic E-state index is 12.3. The van der Waals surface area contributed by atoms with Crippen molar-refractivity contribution in [2.24, 2.45) is 14.1 Å². The van der Waals surface area contributed by atoms with Gasteiger partial charge in [0, 0.05) is 30.6 Å². The van der Waals surface area contributed by atoms with Crippen LogP contribution in [-0.4, -0.2) is 14.9 Å². The van der Waals surface area contributed by atoms with E-state index in [0.29, 0.717) is 12.0 Å². The van der Waals surface area contributed by atoms with Gasteiger partial charge in [0.15, 0.2) is 5.78 Å². The number of rotatable bonds is 5. The lowest BCUT2D eigenvalue weighted by atomic mass is 10.0. The molecular weight excluding hydrogens is 320 g/mol. The third-order valence-electron chi connectivity index (χ3n) is 3.67. The molecule has 108 valence electrons. The number of fused-ring (bicyclic) bond motifs is 1. The second-order valence-corrected chi connectivity index (χ2v) is 5.96. The molecule has 0 atom stereocenters. The van der Waals surface area contributed by atoms with Gasteiger partial charge in [-0.25, -0.2) is 4.79 Å². The molecule has 0 unspecified atom stereocenters. The van der Waals surface area contributed by atoms with E-state index in [1.165, 1.54) is 0 Å². The van der Waals surface area contributed by atoms with Crippen molar-refractivity contribution in [3.63, 3.8) is 0 Å². The Balaban J connectivity index is 2.45. The number of unbranched alkanes of at least 4 members (excludes halogenated alkanes) is 2. The fraction of sp³-hybridized carbons (Fsp3) is 0.467. The first-order valence-corrected chi connectivity index (χ1v) is 7.64. The van der Waals surface area contributed by atoms with Crippen molar-refractivity contribution in [2.45, 2.75) is 32.6 Å². The predicted octanol–water partition coefficient (Wildman–Crippen LogP) is 3.40. The minimum absolute atomic E-state index is 0.0810. The van der Waals surface area contributed by atoms with Gasteiger partial charge in [-0.2, -0.15) is 0 Å². The van der Waals surface area contributed by atoms with Crippen LogP contribution in [0, 0.1) is 0 Å². The van der Waals surface area contributed by atoms with Gasteiger partial charge >= 0.3 is 5.69 Å². The number of benzene rings is 1. The summed E-state index contributed by atoms with van der Waals surface area (Å²) in [6, 6.07) is 3.67. The Labute approximate surface area is 126 Å². The summed E-state index contributed by atoms with van der Waals surface area (Å²) < 4.78 is 3.92. The van der Waals surface area contributed by atoms with Crippen LogP contribution in [0.25, 0.3) is 11.0 Å². The average molecular weight is 339 g/mol. The molecule has 0 N–H and O–H groups in total. The number of Topliss-reactive ketones (excluding diaryl/α,β-unsaturated/α-hetero) is 1. The fourth-order valence-corrected chi connectivity index (χ4v) is 2.96. The number of carbonyl (C=O) groups is 1. The molecule has 0 saturated heterocycles. The summed E-state index contributed by atoms with van der Waals surface area (Å²) >= 11 is 3.45. The molecule has 0 saturated carbocycles. The van der Waals surface area contributed by atoms with E-state index in [1.807, 2.05) is 12.1 Å². The molecule has 1 aromatic heterocycles. The molecule has 1 aromatic carbocycles. The molecule has 0 bridgehead atoms. The second kappa shape index (κ2) is 5.95. The lowest BCUT2D eigenvalue weighted by Gasteiger charge is -2.05. The Morgan fingerprint density at radius 2 is 1.75 bits per heavy atom. The highest BCUT2D eigenvalue weighted by Crippen LogP contribution is 2.25. The highest BCUT2D eigenvalue weighted by molar-refractivity contribution is 9.10. The number of hydrogen-bond acceptors (Lipinski definition) is 2. The highest BCUT2D eigenvalue weighted by atomic mass is 79.9. The second-order valence-electron chi connectivity index (χ2n) is 5.10. The van der Waals surface area contributed by atoms with Crippen LogP contribution in [0.2, 0.25) is 0 Å². The van der Waals surface area contributed by atoms with E-state index in [2.05, 4.69) is 22.9 Å². The quantitative estimate of drug-likeness (QED) is 0.619. The molecular formula is C15H19BrN2O2. The number of imidazole rings is 1. The van der Waals surface area contributed by atoms with Gasteiger partial charge in [0.2, 0.25) is 0 Å². The van der Waals surface area contributed by atoms with Crippen LogP contribution >= 0.6 is 15.9 Å². The minimum Gasteiger partial charge on any atom is -0.295 e. The molecule has 2 aromatic rings. The smallest absolute Gasteiger partial charge is 0.295 e. The van der Waals surface area contributed by atoms with Crippen LogP contribution in [0.5, 0.6) is 0 Å². The number of ketones is 1. The van der Waals surface area contributed by atoms with E-state index < -0.39 is 0 Å². The van der Waals surface area contributed by atoms with E-state index in [4.69, 9.17) is 0 Å².